The largest absolute Gasteiger partial charge is 0.480 e. The van der Waals surface area contributed by atoms with Gasteiger partial charge in [0.1, 0.15) is 5.54 Å². The van der Waals surface area contributed by atoms with Crippen molar-refractivity contribution < 1.29 is 9.90 Å². The molecule has 0 aromatic heterocycles. The highest BCUT2D eigenvalue weighted by atomic mass is 16.4. The van der Waals surface area contributed by atoms with Gasteiger partial charge in [-0.1, -0.05) is 20.3 Å². The molecule has 2 atom stereocenters. The summed E-state index contributed by atoms with van der Waals surface area (Å²) in [5.41, 5.74) is -0.691. The van der Waals surface area contributed by atoms with Crippen LogP contribution >= 0.6 is 0 Å². The molecule has 1 aliphatic carbocycles. The molecule has 1 saturated carbocycles. The Balaban J connectivity index is 1.75. The lowest BCUT2D eigenvalue weighted by molar-refractivity contribution is -0.145. The second kappa shape index (κ2) is 7.59. The Morgan fingerprint density at radius 3 is 2.67 bits per heavy atom. The van der Waals surface area contributed by atoms with Crippen LogP contribution in [0, 0.1) is 5.92 Å². The molecule has 122 valence electrons. The van der Waals surface area contributed by atoms with Crippen LogP contribution in [0.15, 0.2) is 0 Å². The Bertz CT molecular complexity index is 344. The van der Waals surface area contributed by atoms with Crippen LogP contribution in [0.3, 0.4) is 0 Å². The molecular weight excluding hydrogens is 264 g/mol. The maximum Gasteiger partial charge on any atom is 0.323 e. The fraction of sp³-hybridized carbons (Fsp3) is 0.941. The van der Waals surface area contributed by atoms with Crippen molar-refractivity contribution in [2.75, 3.05) is 19.6 Å². The lowest BCUT2D eigenvalue weighted by Gasteiger charge is -2.30. The number of rotatable bonds is 10. The zero-order valence-corrected chi connectivity index (χ0v) is 13.7. The van der Waals surface area contributed by atoms with Crippen molar-refractivity contribution in [1.82, 2.24) is 10.2 Å². The molecule has 0 aromatic rings. The van der Waals surface area contributed by atoms with Crippen LogP contribution in [-0.4, -0.2) is 47.2 Å². The Hall–Kier alpha value is -0.610. The van der Waals surface area contributed by atoms with E-state index in [2.05, 4.69) is 17.1 Å². The monoisotopic (exact) mass is 296 g/mol. The van der Waals surface area contributed by atoms with Gasteiger partial charge in [0.15, 0.2) is 0 Å². The Morgan fingerprint density at radius 2 is 2.10 bits per heavy atom. The van der Waals surface area contributed by atoms with Crippen LogP contribution in [-0.2, 0) is 4.79 Å². The molecule has 2 unspecified atom stereocenters. The Labute approximate surface area is 129 Å². The predicted octanol–water partition coefficient (Wildman–Crippen LogP) is 2.87. The van der Waals surface area contributed by atoms with Crippen molar-refractivity contribution in [2.45, 2.75) is 76.8 Å². The molecule has 0 aromatic carbocycles. The van der Waals surface area contributed by atoms with Crippen molar-refractivity contribution in [2.24, 2.45) is 5.92 Å². The molecule has 21 heavy (non-hydrogen) atoms. The van der Waals surface area contributed by atoms with Crippen LogP contribution in [0.25, 0.3) is 0 Å². The van der Waals surface area contributed by atoms with Gasteiger partial charge in [-0.15, -0.1) is 0 Å². The molecule has 2 aliphatic rings. The highest BCUT2D eigenvalue weighted by Gasteiger charge is 2.40. The summed E-state index contributed by atoms with van der Waals surface area (Å²) in [5, 5.41) is 13.0. The van der Waals surface area contributed by atoms with Crippen LogP contribution < -0.4 is 5.32 Å². The number of carboxylic acid groups (broad SMARTS) is 1. The third-order valence-corrected chi connectivity index (χ3v) is 5.22. The average molecular weight is 296 g/mol. The van der Waals surface area contributed by atoms with Gasteiger partial charge >= 0.3 is 5.97 Å². The van der Waals surface area contributed by atoms with E-state index in [0.29, 0.717) is 12.5 Å². The van der Waals surface area contributed by atoms with E-state index in [-0.39, 0.29) is 0 Å². The molecule has 0 spiro atoms. The molecule has 0 amide bonds. The van der Waals surface area contributed by atoms with E-state index >= 15 is 0 Å². The minimum Gasteiger partial charge on any atom is -0.480 e. The quantitative estimate of drug-likeness (QED) is 0.651. The number of hydrogen-bond acceptors (Lipinski definition) is 3. The van der Waals surface area contributed by atoms with Gasteiger partial charge in [-0.05, 0) is 64.0 Å². The number of carboxylic acids is 1. The summed E-state index contributed by atoms with van der Waals surface area (Å²) in [7, 11) is 0. The van der Waals surface area contributed by atoms with Crippen molar-refractivity contribution in [3.63, 3.8) is 0 Å². The smallest absolute Gasteiger partial charge is 0.323 e. The van der Waals surface area contributed by atoms with Crippen LogP contribution in [0.2, 0.25) is 0 Å². The molecule has 4 nitrogen and oxygen atoms in total. The normalized spacial score (nSPS) is 25.9. The minimum absolute atomic E-state index is 0.446. The van der Waals surface area contributed by atoms with Gasteiger partial charge in [-0.25, -0.2) is 0 Å². The predicted molar refractivity (Wildman–Crippen MR) is 85.5 cm³/mol. The van der Waals surface area contributed by atoms with Crippen molar-refractivity contribution in [1.29, 1.82) is 0 Å². The van der Waals surface area contributed by atoms with E-state index in [1.807, 2.05) is 6.92 Å². The van der Waals surface area contributed by atoms with E-state index in [0.717, 1.165) is 38.1 Å². The fourth-order valence-corrected chi connectivity index (χ4v) is 3.65. The van der Waals surface area contributed by atoms with Gasteiger partial charge in [-0.3, -0.25) is 10.1 Å². The third kappa shape index (κ3) is 4.68. The van der Waals surface area contributed by atoms with Crippen molar-refractivity contribution >= 4 is 5.97 Å². The molecule has 2 rings (SSSR count). The van der Waals surface area contributed by atoms with Gasteiger partial charge in [-0.2, -0.15) is 0 Å². The fourth-order valence-electron chi connectivity index (χ4n) is 3.65. The van der Waals surface area contributed by atoms with E-state index in [1.165, 1.54) is 32.4 Å². The summed E-state index contributed by atoms with van der Waals surface area (Å²) in [5.74, 6) is 0.206. The van der Waals surface area contributed by atoms with Gasteiger partial charge in [0, 0.05) is 12.6 Å². The summed E-state index contributed by atoms with van der Waals surface area (Å²) in [4.78, 5) is 14.2. The molecule has 1 saturated heterocycles. The highest BCUT2D eigenvalue weighted by Crippen LogP contribution is 2.28. The molecule has 2 fully saturated rings. The summed E-state index contributed by atoms with van der Waals surface area (Å²) >= 11 is 0. The first-order valence-electron chi connectivity index (χ1n) is 8.83. The van der Waals surface area contributed by atoms with E-state index < -0.39 is 11.5 Å². The van der Waals surface area contributed by atoms with Crippen molar-refractivity contribution in [3.8, 4) is 0 Å². The molecule has 1 aliphatic heterocycles. The first-order valence-corrected chi connectivity index (χ1v) is 8.83. The summed E-state index contributed by atoms with van der Waals surface area (Å²) in [6.45, 7) is 7.73. The number of carbonyl (C=O) groups is 1. The van der Waals surface area contributed by atoms with Gasteiger partial charge in [0.05, 0.1) is 0 Å². The molecule has 0 radical (unpaired) electrons. The average Bonchev–Trinajstić information content (AvgIpc) is 3.16. The number of nitrogens with zero attached hydrogens (tertiary/aromatic N) is 1. The Kier molecular flexibility index (Phi) is 6.06. The lowest BCUT2D eigenvalue weighted by Crippen LogP contribution is -2.53. The Morgan fingerprint density at radius 1 is 1.33 bits per heavy atom. The lowest BCUT2D eigenvalue weighted by atomic mass is 9.90. The topological polar surface area (TPSA) is 52.6 Å². The number of likely N-dealkylation sites (tertiary alicyclic amines) is 1. The summed E-state index contributed by atoms with van der Waals surface area (Å²) in [6.07, 6.45) is 8.64. The maximum atomic E-state index is 11.7. The minimum atomic E-state index is -0.691. The van der Waals surface area contributed by atoms with Crippen LogP contribution in [0.5, 0.6) is 0 Å². The number of aliphatic carboxylic acids is 1. The molecule has 2 N–H and O–H groups in total. The van der Waals surface area contributed by atoms with Gasteiger partial charge < -0.3 is 10.0 Å². The van der Waals surface area contributed by atoms with E-state index in [1.54, 1.807) is 0 Å². The van der Waals surface area contributed by atoms with Gasteiger partial charge in [0.2, 0.25) is 0 Å². The molecule has 4 heteroatoms. The summed E-state index contributed by atoms with van der Waals surface area (Å²) in [6, 6.07) is 0.446. The zero-order chi connectivity index (χ0) is 15.3. The van der Waals surface area contributed by atoms with E-state index in [4.69, 9.17) is 0 Å². The van der Waals surface area contributed by atoms with E-state index in [9.17, 15) is 9.90 Å². The number of hydrogen-bond donors (Lipinski definition) is 2. The molecular formula is C17H32N2O2. The SMILES string of the molecule is CCCC1CCN(CCCC(CC)(NC2CC2)C(=O)O)C1. The van der Waals surface area contributed by atoms with Gasteiger partial charge in [0.25, 0.3) is 0 Å². The third-order valence-electron chi connectivity index (χ3n) is 5.22. The maximum absolute atomic E-state index is 11.7. The standard InChI is InChI=1S/C17H32N2O2/c1-3-6-14-9-12-19(13-14)11-5-10-17(4-2,16(20)21)18-15-7-8-15/h14-15,18H,3-13H2,1-2H3,(H,20,21). The summed E-state index contributed by atoms with van der Waals surface area (Å²) < 4.78 is 0. The van der Waals surface area contributed by atoms with Crippen molar-refractivity contribution in [3.05, 3.63) is 0 Å². The number of nitrogens with one attached hydrogen (secondary N) is 1. The molecule has 0 bridgehead atoms. The van der Waals surface area contributed by atoms with Crippen LogP contribution in [0.4, 0.5) is 0 Å². The second-order valence-corrected chi connectivity index (χ2v) is 7.01. The first kappa shape index (κ1) is 16.8. The molecule has 1 heterocycles. The second-order valence-electron chi connectivity index (χ2n) is 7.01. The highest BCUT2D eigenvalue weighted by molar-refractivity contribution is 5.78. The zero-order valence-electron chi connectivity index (χ0n) is 13.7. The van der Waals surface area contributed by atoms with Crippen LogP contribution in [0.1, 0.15) is 65.2 Å². The first-order chi connectivity index (χ1) is 10.1.